The Balaban J connectivity index is 2.08. The van der Waals surface area contributed by atoms with Crippen molar-refractivity contribution in [3.63, 3.8) is 0 Å². The molecule has 1 unspecified atom stereocenters. The van der Waals surface area contributed by atoms with Gasteiger partial charge in [0.2, 0.25) is 0 Å². The highest BCUT2D eigenvalue weighted by Gasteiger charge is 2.05. The molecule has 1 aromatic heterocycles. The number of nitrogens with zero attached hydrogens (tertiary/aromatic N) is 1. The molecule has 0 saturated heterocycles. The van der Waals surface area contributed by atoms with Gasteiger partial charge in [-0.1, -0.05) is 30.9 Å². The molecule has 98 valence electrons. The van der Waals surface area contributed by atoms with Gasteiger partial charge in [0, 0.05) is 24.5 Å². The van der Waals surface area contributed by atoms with Crippen LogP contribution in [0.3, 0.4) is 0 Å². The fourth-order valence-corrected chi connectivity index (χ4v) is 2.04. The normalized spacial score (nSPS) is 12.7. The van der Waals surface area contributed by atoms with Crippen LogP contribution in [0.2, 0.25) is 0 Å². The summed E-state index contributed by atoms with van der Waals surface area (Å²) in [5.41, 5.74) is 3.14. The van der Waals surface area contributed by atoms with E-state index in [4.69, 9.17) is 0 Å². The van der Waals surface area contributed by atoms with Crippen molar-refractivity contribution in [3.05, 3.63) is 73.1 Å². The van der Waals surface area contributed by atoms with E-state index in [1.807, 2.05) is 49.7 Å². The highest BCUT2D eigenvalue weighted by atomic mass is 16.3. The molecule has 1 N–H and O–H groups in total. The molecule has 0 fully saturated rings. The van der Waals surface area contributed by atoms with Gasteiger partial charge in [-0.3, -0.25) is 0 Å². The topological polar surface area (TPSA) is 25.2 Å². The maximum absolute atomic E-state index is 9.73. The summed E-state index contributed by atoms with van der Waals surface area (Å²) in [6, 6.07) is 12.2. The van der Waals surface area contributed by atoms with Crippen LogP contribution in [0.1, 0.15) is 18.9 Å². The maximum Gasteiger partial charge on any atom is 0.0761 e. The van der Waals surface area contributed by atoms with Crippen molar-refractivity contribution in [3.8, 4) is 5.69 Å². The first kappa shape index (κ1) is 13.4. The van der Waals surface area contributed by atoms with E-state index in [0.29, 0.717) is 6.42 Å². The smallest absolute Gasteiger partial charge is 0.0761 e. The monoisotopic (exact) mass is 253 g/mol. The zero-order valence-electron chi connectivity index (χ0n) is 11.2. The van der Waals surface area contributed by atoms with Crippen molar-refractivity contribution in [1.29, 1.82) is 0 Å². The van der Waals surface area contributed by atoms with Gasteiger partial charge in [-0.2, -0.15) is 0 Å². The maximum atomic E-state index is 9.73. The van der Waals surface area contributed by atoms with E-state index >= 15 is 0 Å². The molecule has 0 aliphatic heterocycles. The van der Waals surface area contributed by atoms with Crippen LogP contribution in [0.5, 0.6) is 0 Å². The minimum atomic E-state index is -0.457. The lowest BCUT2D eigenvalue weighted by atomic mass is 10.0. The number of hydrogen-bond acceptors (Lipinski definition) is 1. The van der Waals surface area contributed by atoms with E-state index in [1.165, 1.54) is 0 Å². The summed E-state index contributed by atoms with van der Waals surface area (Å²) >= 11 is 0. The van der Waals surface area contributed by atoms with Crippen LogP contribution < -0.4 is 0 Å². The minimum Gasteiger partial charge on any atom is -0.389 e. The fourth-order valence-electron chi connectivity index (χ4n) is 2.04. The van der Waals surface area contributed by atoms with Gasteiger partial charge in [-0.15, -0.1) is 0 Å². The molecular weight excluding hydrogens is 234 g/mol. The predicted octanol–water partition coefficient (Wildman–Crippen LogP) is 3.82. The molecule has 1 aromatic carbocycles. The molecule has 0 radical (unpaired) electrons. The molecule has 1 heterocycles. The number of rotatable bonds is 5. The molecule has 2 nitrogen and oxygen atoms in total. The van der Waals surface area contributed by atoms with Gasteiger partial charge < -0.3 is 9.67 Å². The lowest BCUT2D eigenvalue weighted by Gasteiger charge is -2.10. The number of aromatic nitrogens is 1. The Morgan fingerprint density at radius 3 is 2.47 bits per heavy atom. The summed E-state index contributed by atoms with van der Waals surface area (Å²) in [6.07, 6.45) is 7.76. The molecule has 0 spiro atoms. The van der Waals surface area contributed by atoms with Gasteiger partial charge in [-0.05, 0) is 42.3 Å². The second kappa shape index (κ2) is 6.21. The summed E-state index contributed by atoms with van der Waals surface area (Å²) in [7, 11) is 0. The molecule has 0 saturated carbocycles. The Morgan fingerprint density at radius 2 is 1.89 bits per heavy atom. The lowest BCUT2D eigenvalue weighted by molar-refractivity contribution is 0.229. The summed E-state index contributed by atoms with van der Waals surface area (Å²) in [6.45, 7) is 5.94. The summed E-state index contributed by atoms with van der Waals surface area (Å²) in [4.78, 5) is 0. The predicted molar refractivity (Wildman–Crippen MR) is 80.2 cm³/mol. The fraction of sp³-hybridized carbons (Fsp3) is 0.176. The quantitative estimate of drug-likeness (QED) is 0.805. The molecule has 19 heavy (non-hydrogen) atoms. The van der Waals surface area contributed by atoms with E-state index < -0.39 is 6.10 Å². The Labute approximate surface area is 114 Å². The summed E-state index contributed by atoms with van der Waals surface area (Å²) in [5.74, 6) is 0. The molecule has 2 rings (SSSR count). The van der Waals surface area contributed by atoms with Crippen LogP contribution >= 0.6 is 0 Å². The van der Waals surface area contributed by atoms with Crippen LogP contribution in [-0.4, -0.2) is 15.8 Å². The Kier molecular flexibility index (Phi) is 4.37. The second-order valence-electron chi connectivity index (χ2n) is 4.54. The Morgan fingerprint density at radius 1 is 1.26 bits per heavy atom. The molecule has 0 bridgehead atoms. The van der Waals surface area contributed by atoms with E-state index in [1.54, 1.807) is 6.08 Å². The number of hydrogen-bond donors (Lipinski definition) is 1. The number of benzene rings is 1. The third-order valence-corrected chi connectivity index (χ3v) is 3.05. The van der Waals surface area contributed by atoms with E-state index in [2.05, 4.69) is 23.3 Å². The molecule has 2 aromatic rings. The average molecular weight is 253 g/mol. The first-order valence-electron chi connectivity index (χ1n) is 6.43. The van der Waals surface area contributed by atoms with E-state index in [9.17, 15) is 5.11 Å². The molecule has 1 atom stereocenters. The third kappa shape index (κ3) is 3.46. The lowest BCUT2D eigenvalue weighted by Crippen LogP contribution is -2.02. The Hall–Kier alpha value is -2.06. The van der Waals surface area contributed by atoms with Gasteiger partial charge in [0.25, 0.3) is 0 Å². The molecule has 0 aliphatic carbocycles. The first-order valence-corrected chi connectivity index (χ1v) is 6.43. The van der Waals surface area contributed by atoms with Gasteiger partial charge >= 0.3 is 0 Å². The molecule has 0 amide bonds. The highest BCUT2D eigenvalue weighted by molar-refractivity contribution is 5.64. The van der Waals surface area contributed by atoms with Crippen LogP contribution in [0.25, 0.3) is 11.3 Å². The number of aliphatic hydroxyl groups is 1. The third-order valence-electron chi connectivity index (χ3n) is 3.05. The summed E-state index contributed by atoms with van der Waals surface area (Å²) < 4.78 is 2.06. The number of allylic oxidation sites excluding steroid dienone is 1. The summed E-state index contributed by atoms with van der Waals surface area (Å²) in [5, 5.41) is 9.73. The minimum absolute atomic E-state index is 0.457. The second-order valence-corrected chi connectivity index (χ2v) is 4.54. The molecule has 2 heteroatoms. The average Bonchev–Trinajstić information content (AvgIpc) is 2.93. The van der Waals surface area contributed by atoms with Gasteiger partial charge in [0.15, 0.2) is 0 Å². The highest BCUT2D eigenvalue weighted by Crippen LogP contribution is 2.20. The van der Waals surface area contributed by atoms with Crippen molar-refractivity contribution in [2.24, 2.45) is 0 Å². The molecule has 0 aliphatic rings. The van der Waals surface area contributed by atoms with Crippen molar-refractivity contribution < 1.29 is 5.11 Å². The number of aliphatic hydroxyl groups excluding tert-OH is 1. The first-order chi connectivity index (χ1) is 9.20. The van der Waals surface area contributed by atoms with Gasteiger partial charge in [0.1, 0.15) is 0 Å². The van der Waals surface area contributed by atoms with Crippen LogP contribution in [0.15, 0.2) is 67.5 Å². The van der Waals surface area contributed by atoms with Crippen molar-refractivity contribution >= 4 is 5.57 Å². The SMILES string of the molecule is C=C(CC(O)/C=C/C)c1ccc(-n2cccc2)cc1. The standard InChI is InChI=1S/C17H19NO/c1-3-6-17(19)13-14(2)15-7-9-16(10-8-15)18-11-4-5-12-18/h3-12,17,19H,2,13H2,1H3/b6-3+. The van der Waals surface area contributed by atoms with E-state index in [0.717, 1.165) is 16.8 Å². The molecular formula is C17H19NO. The van der Waals surface area contributed by atoms with Crippen molar-refractivity contribution in [2.45, 2.75) is 19.4 Å². The van der Waals surface area contributed by atoms with Crippen LogP contribution in [0, 0.1) is 0 Å². The largest absolute Gasteiger partial charge is 0.389 e. The van der Waals surface area contributed by atoms with Crippen molar-refractivity contribution in [2.75, 3.05) is 0 Å². The van der Waals surface area contributed by atoms with Gasteiger partial charge in [-0.25, -0.2) is 0 Å². The van der Waals surface area contributed by atoms with Crippen LogP contribution in [-0.2, 0) is 0 Å². The van der Waals surface area contributed by atoms with E-state index in [-0.39, 0.29) is 0 Å². The zero-order chi connectivity index (χ0) is 13.7. The Bertz CT molecular complexity index is 549. The van der Waals surface area contributed by atoms with Gasteiger partial charge in [0.05, 0.1) is 6.10 Å². The van der Waals surface area contributed by atoms with Crippen molar-refractivity contribution in [1.82, 2.24) is 4.57 Å². The zero-order valence-corrected chi connectivity index (χ0v) is 11.2. The van der Waals surface area contributed by atoms with Crippen LogP contribution in [0.4, 0.5) is 0 Å².